The lowest BCUT2D eigenvalue weighted by molar-refractivity contribution is -0.385. The third-order valence-corrected chi connectivity index (χ3v) is 1.96. The summed E-state index contributed by atoms with van der Waals surface area (Å²) in [4.78, 5) is 23.8. The number of aromatic nitrogens is 1. The Hall–Kier alpha value is -2.09. The summed E-state index contributed by atoms with van der Waals surface area (Å²) >= 11 is 5.75. The Morgan fingerprint density at radius 2 is 2.41 bits per heavy atom. The zero-order chi connectivity index (χ0) is 12.8. The molecule has 0 aromatic carbocycles. The summed E-state index contributed by atoms with van der Waals surface area (Å²) < 4.78 is 4.46. The molecule has 0 aliphatic heterocycles. The first-order valence-corrected chi connectivity index (χ1v) is 4.84. The van der Waals surface area contributed by atoms with E-state index in [0.29, 0.717) is 0 Å². The van der Waals surface area contributed by atoms with Gasteiger partial charge in [0.2, 0.25) is 0 Å². The lowest BCUT2D eigenvalue weighted by atomic mass is 10.4. The van der Waals surface area contributed by atoms with Gasteiger partial charge in [-0.05, 0) is 0 Å². The van der Waals surface area contributed by atoms with Crippen LogP contribution in [0.3, 0.4) is 0 Å². The summed E-state index contributed by atoms with van der Waals surface area (Å²) in [5.41, 5.74) is 4.55. The minimum atomic E-state index is -0.880. The van der Waals surface area contributed by atoms with Crippen LogP contribution in [0.25, 0.3) is 0 Å². The Balaban J connectivity index is 2.54. The second kappa shape index (κ2) is 5.85. The number of hydrogen-bond donors (Lipinski definition) is 2. The molecular weight excluding hydrogens is 252 g/mol. The molecule has 1 aromatic rings. The Bertz CT molecular complexity index is 440. The third kappa shape index (κ3) is 4.11. The normalized spacial score (nSPS) is 9.71. The number of nitrogens with one attached hydrogen (secondary N) is 1. The number of carbonyl (C=O) groups is 1. The van der Waals surface area contributed by atoms with Crippen LogP contribution < -0.4 is 11.1 Å². The number of rotatable bonds is 5. The fourth-order valence-corrected chi connectivity index (χ4v) is 1.21. The molecule has 9 heteroatoms. The molecule has 0 aliphatic rings. The summed E-state index contributed by atoms with van der Waals surface area (Å²) in [5.74, 6) is 0.269. The van der Waals surface area contributed by atoms with E-state index in [1.165, 1.54) is 6.07 Å². The third-order valence-electron chi connectivity index (χ3n) is 1.68. The van der Waals surface area contributed by atoms with Crippen LogP contribution in [0.5, 0.6) is 0 Å². The van der Waals surface area contributed by atoms with Gasteiger partial charge in [0.15, 0.2) is 0 Å². The van der Waals surface area contributed by atoms with E-state index >= 15 is 0 Å². The van der Waals surface area contributed by atoms with Crippen molar-refractivity contribution in [2.75, 3.05) is 18.5 Å². The van der Waals surface area contributed by atoms with E-state index in [1.807, 2.05) is 0 Å². The lowest BCUT2D eigenvalue weighted by Gasteiger charge is -2.06. The number of hydrogen-bond acceptors (Lipinski definition) is 6. The number of halogens is 1. The van der Waals surface area contributed by atoms with Crippen molar-refractivity contribution < 1.29 is 14.5 Å². The van der Waals surface area contributed by atoms with Crippen molar-refractivity contribution in [3.05, 3.63) is 27.4 Å². The predicted octanol–water partition coefficient (Wildman–Crippen LogP) is 1.15. The maximum atomic E-state index is 10.4. The predicted molar refractivity (Wildman–Crippen MR) is 59.9 cm³/mol. The molecule has 92 valence electrons. The first-order valence-electron chi connectivity index (χ1n) is 4.46. The Morgan fingerprint density at radius 1 is 1.71 bits per heavy atom. The molecule has 0 saturated heterocycles. The van der Waals surface area contributed by atoms with Crippen molar-refractivity contribution >= 4 is 29.2 Å². The fourth-order valence-electron chi connectivity index (χ4n) is 0.979. The molecule has 0 aliphatic carbocycles. The molecule has 0 radical (unpaired) electrons. The minimum absolute atomic E-state index is 0.0460. The number of pyridine rings is 1. The van der Waals surface area contributed by atoms with E-state index < -0.39 is 11.0 Å². The van der Waals surface area contributed by atoms with Crippen LogP contribution in [0, 0.1) is 10.1 Å². The van der Waals surface area contributed by atoms with Gasteiger partial charge < -0.3 is 15.8 Å². The Labute approximate surface area is 101 Å². The summed E-state index contributed by atoms with van der Waals surface area (Å²) in [7, 11) is 0. The average molecular weight is 261 g/mol. The average Bonchev–Trinajstić information content (AvgIpc) is 2.25. The van der Waals surface area contributed by atoms with Crippen LogP contribution in [-0.4, -0.2) is 29.2 Å². The van der Waals surface area contributed by atoms with E-state index in [9.17, 15) is 14.9 Å². The highest BCUT2D eigenvalue weighted by Crippen LogP contribution is 2.23. The molecule has 0 unspecified atom stereocenters. The van der Waals surface area contributed by atoms with Crippen LogP contribution in [0.15, 0.2) is 12.3 Å². The smallest absolute Gasteiger partial charge is 0.404 e. The van der Waals surface area contributed by atoms with Gasteiger partial charge in [-0.1, -0.05) is 11.6 Å². The van der Waals surface area contributed by atoms with Gasteiger partial charge in [0, 0.05) is 6.07 Å². The number of carbonyl (C=O) groups excluding carboxylic acids is 1. The Morgan fingerprint density at radius 3 is 2.94 bits per heavy atom. The topological polar surface area (TPSA) is 120 Å². The maximum absolute atomic E-state index is 10.4. The van der Waals surface area contributed by atoms with Crippen LogP contribution in [0.1, 0.15) is 0 Å². The zero-order valence-corrected chi connectivity index (χ0v) is 9.31. The van der Waals surface area contributed by atoms with E-state index in [2.05, 4.69) is 15.0 Å². The van der Waals surface area contributed by atoms with Crippen molar-refractivity contribution in [2.24, 2.45) is 5.73 Å². The lowest BCUT2D eigenvalue weighted by Crippen LogP contribution is -2.18. The molecule has 0 fully saturated rings. The number of primary amides is 1. The molecule has 0 spiro atoms. The molecule has 3 N–H and O–H groups in total. The molecule has 0 bridgehead atoms. The molecule has 1 rings (SSSR count). The monoisotopic (exact) mass is 260 g/mol. The molecule has 1 heterocycles. The number of nitrogens with zero attached hydrogens (tertiary/aromatic N) is 2. The second-order valence-corrected chi connectivity index (χ2v) is 3.28. The second-order valence-electron chi connectivity index (χ2n) is 2.88. The number of anilines is 1. The van der Waals surface area contributed by atoms with Crippen molar-refractivity contribution in [3.63, 3.8) is 0 Å². The van der Waals surface area contributed by atoms with E-state index in [0.717, 1.165) is 6.20 Å². The van der Waals surface area contributed by atoms with Crippen molar-refractivity contribution in [1.29, 1.82) is 0 Å². The summed E-state index contributed by atoms with van der Waals surface area (Å²) in [6.07, 6.45) is 0.193. The van der Waals surface area contributed by atoms with Gasteiger partial charge in [-0.25, -0.2) is 9.78 Å². The van der Waals surface area contributed by atoms with Crippen LogP contribution in [0.2, 0.25) is 5.02 Å². The fraction of sp³-hybridized carbons (Fsp3) is 0.250. The molecule has 1 amide bonds. The summed E-state index contributed by atoms with van der Waals surface area (Å²) in [5, 5.41) is 13.3. The zero-order valence-electron chi connectivity index (χ0n) is 8.55. The molecule has 17 heavy (non-hydrogen) atoms. The molecule has 0 saturated carbocycles. The van der Waals surface area contributed by atoms with Crippen LogP contribution in [0.4, 0.5) is 16.3 Å². The summed E-state index contributed by atoms with van der Waals surface area (Å²) in [6, 6.07) is 1.17. The quantitative estimate of drug-likeness (QED) is 0.465. The first-order chi connectivity index (χ1) is 8.00. The van der Waals surface area contributed by atoms with Crippen molar-refractivity contribution in [3.8, 4) is 0 Å². The van der Waals surface area contributed by atoms with Gasteiger partial charge in [0.25, 0.3) is 5.69 Å². The molecule has 0 atom stereocenters. The highest BCUT2D eigenvalue weighted by Gasteiger charge is 2.10. The highest BCUT2D eigenvalue weighted by atomic mass is 35.5. The van der Waals surface area contributed by atoms with E-state index in [4.69, 9.17) is 17.3 Å². The molecule has 1 aromatic heterocycles. The van der Waals surface area contributed by atoms with Gasteiger partial charge in [0.1, 0.15) is 18.6 Å². The van der Waals surface area contributed by atoms with Gasteiger partial charge >= 0.3 is 6.09 Å². The van der Waals surface area contributed by atoms with Gasteiger partial charge in [-0.2, -0.15) is 0 Å². The van der Waals surface area contributed by atoms with Crippen LogP contribution >= 0.6 is 11.6 Å². The van der Waals surface area contributed by atoms with Gasteiger partial charge in [-0.3, -0.25) is 10.1 Å². The largest absolute Gasteiger partial charge is 0.448 e. The van der Waals surface area contributed by atoms with Gasteiger partial charge in [0.05, 0.1) is 16.5 Å². The van der Waals surface area contributed by atoms with Crippen molar-refractivity contribution in [2.45, 2.75) is 0 Å². The number of nitro groups is 1. The maximum Gasteiger partial charge on any atom is 0.404 e. The van der Waals surface area contributed by atoms with E-state index in [1.54, 1.807) is 0 Å². The summed E-state index contributed by atoms with van der Waals surface area (Å²) in [6.45, 7) is 0.289. The first kappa shape index (κ1) is 13.0. The minimum Gasteiger partial charge on any atom is -0.448 e. The standard InChI is InChI=1S/C8H9ClN4O4/c9-6-3-5(13(15)16)4-12-7(6)11-1-2-17-8(10)14/h3-4H,1-2H2,(H2,10,14)(H,11,12). The SMILES string of the molecule is NC(=O)OCCNc1ncc([N+](=O)[O-])cc1Cl. The number of amides is 1. The highest BCUT2D eigenvalue weighted by molar-refractivity contribution is 6.33. The van der Waals surface area contributed by atoms with Gasteiger partial charge in [-0.15, -0.1) is 0 Å². The molecular formula is C8H9ClN4O4. The van der Waals surface area contributed by atoms with Crippen molar-refractivity contribution in [1.82, 2.24) is 4.98 Å². The molecule has 8 nitrogen and oxygen atoms in total. The number of nitrogens with two attached hydrogens (primary N) is 1. The Kier molecular flexibility index (Phi) is 4.46. The van der Waals surface area contributed by atoms with E-state index in [-0.39, 0.29) is 29.7 Å². The van der Waals surface area contributed by atoms with Crippen LogP contribution in [-0.2, 0) is 4.74 Å². The number of ether oxygens (including phenoxy) is 1.